The Labute approximate surface area is 200 Å². The molecule has 1 N–H and O–H groups in total. The first-order chi connectivity index (χ1) is 16.6. The van der Waals surface area contributed by atoms with Gasteiger partial charge in [-0.05, 0) is 62.5 Å². The molecule has 0 atom stereocenters. The molecule has 1 aliphatic rings. The number of benzene rings is 1. The maximum atomic E-state index is 11.5. The highest BCUT2D eigenvalue weighted by Crippen LogP contribution is 2.35. The SMILES string of the molecule is CCOCCn1cc(C2CCN(CCOc3c(OC)cccc3C(=O)O)CC2)c2ccncc21. The first-order valence-corrected chi connectivity index (χ1v) is 11.9. The summed E-state index contributed by atoms with van der Waals surface area (Å²) < 4.78 is 19.0. The van der Waals surface area contributed by atoms with E-state index in [1.165, 1.54) is 29.6 Å². The normalized spacial score (nSPS) is 15.0. The average molecular weight is 468 g/mol. The molecule has 0 spiro atoms. The largest absolute Gasteiger partial charge is 0.493 e. The number of aromatic nitrogens is 2. The standard InChI is InChI=1S/C26H33N3O5/c1-3-33-15-14-29-18-22(20-7-10-27-17-23(20)29)19-8-11-28(12-9-19)13-16-34-25-21(26(30)31)5-4-6-24(25)32-2/h4-7,10,17-19H,3,8-9,11-16H2,1-2H3,(H,30,31). The molecule has 8 nitrogen and oxygen atoms in total. The summed E-state index contributed by atoms with van der Waals surface area (Å²) >= 11 is 0. The molecule has 0 radical (unpaired) electrons. The highest BCUT2D eigenvalue weighted by molar-refractivity contribution is 5.92. The van der Waals surface area contributed by atoms with Gasteiger partial charge in [-0.15, -0.1) is 0 Å². The van der Waals surface area contributed by atoms with Crippen molar-refractivity contribution in [1.29, 1.82) is 0 Å². The first-order valence-electron chi connectivity index (χ1n) is 11.9. The summed E-state index contributed by atoms with van der Waals surface area (Å²) in [5.41, 5.74) is 2.68. The Morgan fingerprint density at radius 1 is 1.18 bits per heavy atom. The highest BCUT2D eigenvalue weighted by atomic mass is 16.5. The summed E-state index contributed by atoms with van der Waals surface area (Å²) in [6.07, 6.45) is 8.24. The number of fused-ring (bicyclic) bond motifs is 1. The lowest BCUT2D eigenvalue weighted by molar-refractivity contribution is 0.0690. The molecule has 0 saturated carbocycles. The Bertz CT molecular complexity index is 1110. The van der Waals surface area contributed by atoms with Gasteiger partial charge in [-0.1, -0.05) is 6.07 Å². The van der Waals surface area contributed by atoms with E-state index in [4.69, 9.17) is 14.2 Å². The average Bonchev–Trinajstić information content (AvgIpc) is 3.23. The minimum Gasteiger partial charge on any atom is -0.493 e. The van der Waals surface area contributed by atoms with E-state index in [9.17, 15) is 9.90 Å². The molecule has 1 fully saturated rings. The van der Waals surface area contributed by atoms with Gasteiger partial charge in [0.05, 0.1) is 25.4 Å². The number of likely N-dealkylation sites (tertiary alicyclic amines) is 1. The second-order valence-electron chi connectivity index (χ2n) is 8.47. The third kappa shape index (κ3) is 5.34. The minimum atomic E-state index is -1.02. The molecule has 0 bridgehead atoms. The van der Waals surface area contributed by atoms with Gasteiger partial charge in [-0.2, -0.15) is 0 Å². The van der Waals surface area contributed by atoms with Gasteiger partial charge in [-0.3, -0.25) is 9.88 Å². The lowest BCUT2D eigenvalue weighted by Gasteiger charge is -2.32. The van der Waals surface area contributed by atoms with Crippen LogP contribution in [0, 0.1) is 0 Å². The molecule has 1 aromatic carbocycles. The number of carboxylic acid groups (broad SMARTS) is 1. The van der Waals surface area contributed by atoms with Crippen LogP contribution in [0.2, 0.25) is 0 Å². The van der Waals surface area contributed by atoms with Gasteiger partial charge in [0, 0.05) is 37.5 Å². The molecule has 182 valence electrons. The number of carboxylic acids is 1. The lowest BCUT2D eigenvalue weighted by atomic mass is 9.89. The predicted octanol–water partition coefficient (Wildman–Crippen LogP) is 4.04. The number of hydrogen-bond acceptors (Lipinski definition) is 6. The van der Waals surface area contributed by atoms with Crippen LogP contribution in [0.3, 0.4) is 0 Å². The number of pyridine rings is 1. The Balaban J connectivity index is 1.35. The predicted molar refractivity (Wildman–Crippen MR) is 130 cm³/mol. The number of rotatable bonds is 11. The lowest BCUT2D eigenvalue weighted by Crippen LogP contribution is -2.36. The van der Waals surface area contributed by atoms with E-state index in [1.807, 2.05) is 19.3 Å². The Morgan fingerprint density at radius 3 is 2.74 bits per heavy atom. The van der Waals surface area contributed by atoms with Gasteiger partial charge in [0.1, 0.15) is 12.2 Å². The van der Waals surface area contributed by atoms with E-state index in [0.717, 1.165) is 45.6 Å². The summed E-state index contributed by atoms with van der Waals surface area (Å²) in [4.78, 5) is 18.2. The molecule has 1 aliphatic heterocycles. The zero-order chi connectivity index (χ0) is 23.9. The van der Waals surface area contributed by atoms with E-state index < -0.39 is 5.97 Å². The fraction of sp³-hybridized carbons (Fsp3) is 0.462. The maximum absolute atomic E-state index is 11.5. The smallest absolute Gasteiger partial charge is 0.339 e. The van der Waals surface area contributed by atoms with E-state index in [-0.39, 0.29) is 5.56 Å². The van der Waals surface area contributed by atoms with Crippen molar-refractivity contribution in [1.82, 2.24) is 14.5 Å². The second-order valence-corrected chi connectivity index (χ2v) is 8.47. The van der Waals surface area contributed by atoms with Crippen molar-refractivity contribution in [3.05, 3.63) is 54.0 Å². The summed E-state index contributed by atoms with van der Waals surface area (Å²) in [6, 6.07) is 7.03. The Hall–Kier alpha value is -3.10. The third-order valence-corrected chi connectivity index (χ3v) is 6.51. The van der Waals surface area contributed by atoms with Crippen LogP contribution in [-0.4, -0.2) is 72.1 Å². The monoisotopic (exact) mass is 467 g/mol. The summed E-state index contributed by atoms with van der Waals surface area (Å²) in [5, 5.41) is 10.7. The van der Waals surface area contributed by atoms with Gasteiger partial charge in [0.25, 0.3) is 0 Å². The molecular weight excluding hydrogens is 434 g/mol. The van der Waals surface area contributed by atoms with Crippen molar-refractivity contribution in [2.24, 2.45) is 0 Å². The van der Waals surface area contributed by atoms with Crippen LogP contribution in [-0.2, 0) is 11.3 Å². The van der Waals surface area contributed by atoms with E-state index in [1.54, 1.807) is 12.1 Å². The van der Waals surface area contributed by atoms with Crippen LogP contribution in [0.4, 0.5) is 0 Å². The Kier molecular flexibility index (Phi) is 8.03. The number of carbonyl (C=O) groups is 1. The molecule has 8 heteroatoms. The van der Waals surface area contributed by atoms with Crippen molar-refractivity contribution in [3.63, 3.8) is 0 Å². The Morgan fingerprint density at radius 2 is 2.00 bits per heavy atom. The van der Waals surface area contributed by atoms with E-state index in [0.29, 0.717) is 30.6 Å². The van der Waals surface area contributed by atoms with Crippen LogP contribution in [0.15, 0.2) is 42.9 Å². The number of para-hydroxylation sites is 1. The molecule has 1 saturated heterocycles. The van der Waals surface area contributed by atoms with Crippen LogP contribution in [0.25, 0.3) is 10.9 Å². The summed E-state index contributed by atoms with van der Waals surface area (Å²) in [6.45, 7) is 7.36. The highest BCUT2D eigenvalue weighted by Gasteiger charge is 2.24. The zero-order valence-electron chi connectivity index (χ0n) is 19.9. The van der Waals surface area contributed by atoms with Gasteiger partial charge in [-0.25, -0.2) is 4.79 Å². The summed E-state index contributed by atoms with van der Waals surface area (Å²) in [7, 11) is 1.52. The van der Waals surface area contributed by atoms with Crippen LogP contribution in [0.5, 0.6) is 11.5 Å². The molecular formula is C26H33N3O5. The van der Waals surface area contributed by atoms with Gasteiger partial charge in [0.15, 0.2) is 11.5 Å². The van der Waals surface area contributed by atoms with Crippen molar-refractivity contribution in [2.45, 2.75) is 32.2 Å². The van der Waals surface area contributed by atoms with E-state index >= 15 is 0 Å². The molecule has 0 amide bonds. The number of piperidine rings is 1. The fourth-order valence-corrected chi connectivity index (χ4v) is 4.72. The number of ether oxygens (including phenoxy) is 3. The fourth-order valence-electron chi connectivity index (χ4n) is 4.72. The third-order valence-electron chi connectivity index (χ3n) is 6.51. The quantitative estimate of drug-likeness (QED) is 0.426. The van der Waals surface area contributed by atoms with Gasteiger partial charge >= 0.3 is 5.97 Å². The zero-order valence-corrected chi connectivity index (χ0v) is 19.9. The van der Waals surface area contributed by atoms with Gasteiger partial charge in [0.2, 0.25) is 0 Å². The van der Waals surface area contributed by atoms with Crippen LogP contribution >= 0.6 is 0 Å². The van der Waals surface area contributed by atoms with Crippen molar-refractivity contribution in [3.8, 4) is 11.5 Å². The topological polar surface area (TPSA) is 86.0 Å². The molecule has 0 aliphatic carbocycles. The van der Waals surface area contributed by atoms with E-state index in [2.05, 4.69) is 26.7 Å². The second kappa shape index (κ2) is 11.4. The van der Waals surface area contributed by atoms with Crippen LogP contribution in [0.1, 0.15) is 41.6 Å². The number of methoxy groups -OCH3 is 1. The van der Waals surface area contributed by atoms with Gasteiger partial charge < -0.3 is 23.9 Å². The molecule has 34 heavy (non-hydrogen) atoms. The van der Waals surface area contributed by atoms with Crippen molar-refractivity contribution in [2.75, 3.05) is 46.6 Å². The number of aromatic carboxylic acids is 1. The molecule has 3 aromatic rings. The van der Waals surface area contributed by atoms with Crippen molar-refractivity contribution < 1.29 is 24.1 Å². The maximum Gasteiger partial charge on any atom is 0.339 e. The van der Waals surface area contributed by atoms with Crippen molar-refractivity contribution >= 4 is 16.9 Å². The molecule has 3 heterocycles. The minimum absolute atomic E-state index is 0.119. The summed E-state index contributed by atoms with van der Waals surface area (Å²) in [5.74, 6) is 0.211. The molecule has 0 unspecified atom stereocenters. The number of hydrogen-bond donors (Lipinski definition) is 1. The van der Waals surface area contributed by atoms with Crippen LogP contribution < -0.4 is 9.47 Å². The molecule has 4 rings (SSSR count). The number of nitrogens with zero attached hydrogens (tertiary/aromatic N) is 3. The molecule has 2 aromatic heterocycles. The first kappa shape index (κ1) is 24.0.